The smallest absolute Gasteiger partial charge is 0.151 e. The summed E-state index contributed by atoms with van der Waals surface area (Å²) in [5, 5.41) is 3.20. The highest BCUT2D eigenvalue weighted by molar-refractivity contribution is 7.91. The molecule has 0 aliphatic rings. The van der Waals surface area contributed by atoms with E-state index in [9.17, 15) is 12.8 Å². The lowest BCUT2D eigenvalue weighted by Gasteiger charge is -2.20. The first-order valence-electron chi connectivity index (χ1n) is 6.06. The Bertz CT molecular complexity index is 470. The van der Waals surface area contributed by atoms with Gasteiger partial charge in [-0.15, -0.1) is 0 Å². The maximum atomic E-state index is 12.8. The lowest BCUT2D eigenvalue weighted by molar-refractivity contribution is 0.499. The van der Waals surface area contributed by atoms with E-state index in [0.717, 1.165) is 5.56 Å². The molecule has 0 aliphatic carbocycles. The van der Waals surface area contributed by atoms with Crippen LogP contribution in [0.5, 0.6) is 0 Å². The molecule has 0 saturated carbocycles. The summed E-state index contributed by atoms with van der Waals surface area (Å²) in [4.78, 5) is 0. The fourth-order valence-corrected chi connectivity index (χ4v) is 2.92. The minimum absolute atomic E-state index is 0.00680. The normalized spacial score (nSPS) is 15.3. The van der Waals surface area contributed by atoms with Gasteiger partial charge in [0.15, 0.2) is 9.84 Å². The van der Waals surface area contributed by atoms with Crippen molar-refractivity contribution in [1.82, 2.24) is 5.32 Å². The summed E-state index contributed by atoms with van der Waals surface area (Å²) >= 11 is 0. The summed E-state index contributed by atoms with van der Waals surface area (Å²) in [6, 6.07) is 6.08. The third-order valence-electron chi connectivity index (χ3n) is 2.85. The van der Waals surface area contributed by atoms with Crippen LogP contribution in [0.2, 0.25) is 0 Å². The molecule has 1 rings (SSSR count). The lowest BCUT2D eigenvalue weighted by Crippen LogP contribution is -2.35. The predicted molar refractivity (Wildman–Crippen MR) is 71.7 cm³/mol. The van der Waals surface area contributed by atoms with E-state index in [0.29, 0.717) is 0 Å². The van der Waals surface area contributed by atoms with Gasteiger partial charge in [-0.25, -0.2) is 12.8 Å². The number of sulfone groups is 1. The van der Waals surface area contributed by atoms with E-state index in [1.165, 1.54) is 12.1 Å². The van der Waals surface area contributed by atoms with Crippen LogP contribution in [0.1, 0.15) is 32.4 Å². The van der Waals surface area contributed by atoms with Crippen LogP contribution in [0.3, 0.4) is 0 Å². The molecular formula is C13H20FNO2S. The first-order chi connectivity index (χ1) is 8.34. The van der Waals surface area contributed by atoms with E-state index in [4.69, 9.17) is 0 Å². The minimum Gasteiger partial charge on any atom is -0.307 e. The zero-order valence-corrected chi connectivity index (χ0v) is 11.8. The van der Waals surface area contributed by atoms with Crippen LogP contribution in [0.15, 0.2) is 24.3 Å². The lowest BCUT2D eigenvalue weighted by atomic mass is 10.1. The molecule has 0 spiro atoms. The average molecular weight is 273 g/mol. The molecule has 1 N–H and O–H groups in total. The van der Waals surface area contributed by atoms with Gasteiger partial charge in [0, 0.05) is 17.8 Å². The van der Waals surface area contributed by atoms with Gasteiger partial charge >= 0.3 is 0 Å². The third-order valence-corrected chi connectivity index (χ3v) is 4.74. The van der Waals surface area contributed by atoms with Gasteiger partial charge in [-0.05, 0) is 31.5 Å². The van der Waals surface area contributed by atoms with Crippen LogP contribution in [0.4, 0.5) is 4.39 Å². The summed E-state index contributed by atoms with van der Waals surface area (Å²) in [5.41, 5.74) is 0.942. The second-order valence-electron chi connectivity index (χ2n) is 4.54. The van der Waals surface area contributed by atoms with Crippen molar-refractivity contribution >= 4 is 9.84 Å². The monoisotopic (exact) mass is 273 g/mol. The Morgan fingerprint density at radius 1 is 1.22 bits per heavy atom. The van der Waals surface area contributed by atoms with E-state index in [1.807, 2.05) is 13.8 Å². The van der Waals surface area contributed by atoms with Gasteiger partial charge in [0.1, 0.15) is 5.82 Å². The van der Waals surface area contributed by atoms with E-state index < -0.39 is 9.84 Å². The van der Waals surface area contributed by atoms with Gasteiger partial charge < -0.3 is 5.32 Å². The van der Waals surface area contributed by atoms with Gasteiger partial charge in [-0.2, -0.15) is 0 Å². The minimum atomic E-state index is -2.98. The molecule has 102 valence electrons. The molecule has 0 heterocycles. The Morgan fingerprint density at radius 2 is 1.78 bits per heavy atom. The van der Waals surface area contributed by atoms with Crippen LogP contribution in [-0.2, 0) is 9.84 Å². The van der Waals surface area contributed by atoms with Crippen LogP contribution in [-0.4, -0.2) is 26.0 Å². The number of hydrogen-bond acceptors (Lipinski definition) is 3. The summed E-state index contributed by atoms with van der Waals surface area (Å²) < 4.78 is 35.7. The second kappa shape index (κ2) is 6.29. The quantitative estimate of drug-likeness (QED) is 0.865. The van der Waals surface area contributed by atoms with Gasteiger partial charge in [0.25, 0.3) is 0 Å². The first kappa shape index (κ1) is 15.1. The van der Waals surface area contributed by atoms with Crippen LogP contribution >= 0.6 is 0 Å². The highest BCUT2D eigenvalue weighted by Crippen LogP contribution is 2.13. The van der Waals surface area contributed by atoms with Crippen molar-refractivity contribution in [2.75, 3.05) is 11.5 Å². The maximum absolute atomic E-state index is 12.8. The molecule has 0 bridgehead atoms. The molecule has 1 aromatic carbocycles. The largest absolute Gasteiger partial charge is 0.307 e. The summed E-state index contributed by atoms with van der Waals surface area (Å²) in [5.74, 6) is 0.00599. The molecule has 0 fully saturated rings. The van der Waals surface area contributed by atoms with Crippen molar-refractivity contribution in [2.24, 2.45) is 0 Å². The Labute approximate surface area is 108 Å². The van der Waals surface area contributed by atoms with Crippen molar-refractivity contribution in [3.05, 3.63) is 35.6 Å². The van der Waals surface area contributed by atoms with E-state index in [2.05, 4.69) is 5.32 Å². The number of benzene rings is 1. The first-order valence-corrected chi connectivity index (χ1v) is 7.88. The SMILES string of the molecule is CCS(=O)(=O)CC(C)N[C@H](C)c1ccc(F)cc1. The molecule has 2 atom stereocenters. The van der Waals surface area contributed by atoms with Gasteiger partial charge in [-0.3, -0.25) is 0 Å². The molecule has 5 heteroatoms. The molecule has 1 aromatic rings. The third kappa shape index (κ3) is 4.74. The summed E-state index contributed by atoms with van der Waals surface area (Å²) in [7, 11) is -2.98. The van der Waals surface area contributed by atoms with Crippen molar-refractivity contribution in [2.45, 2.75) is 32.9 Å². The molecule has 1 unspecified atom stereocenters. The van der Waals surface area contributed by atoms with E-state index >= 15 is 0 Å². The van der Waals surface area contributed by atoms with Crippen LogP contribution < -0.4 is 5.32 Å². The van der Waals surface area contributed by atoms with Gasteiger partial charge in [-0.1, -0.05) is 19.1 Å². The Balaban J connectivity index is 2.59. The topological polar surface area (TPSA) is 46.2 Å². The molecular weight excluding hydrogens is 253 g/mol. The summed E-state index contributed by atoms with van der Waals surface area (Å²) in [6.07, 6.45) is 0. The zero-order valence-electron chi connectivity index (χ0n) is 11.0. The Hall–Kier alpha value is -0.940. The number of halogens is 1. The molecule has 0 amide bonds. The highest BCUT2D eigenvalue weighted by atomic mass is 32.2. The van der Waals surface area contributed by atoms with Gasteiger partial charge in [0.05, 0.1) is 5.75 Å². The second-order valence-corrected chi connectivity index (χ2v) is 6.94. The predicted octanol–water partition coefficient (Wildman–Crippen LogP) is 2.30. The fourth-order valence-electron chi connectivity index (χ4n) is 1.82. The van der Waals surface area contributed by atoms with Crippen molar-refractivity contribution < 1.29 is 12.8 Å². The van der Waals surface area contributed by atoms with Crippen molar-refractivity contribution in [3.63, 3.8) is 0 Å². The number of rotatable bonds is 6. The maximum Gasteiger partial charge on any atom is 0.151 e. The molecule has 3 nitrogen and oxygen atoms in total. The zero-order chi connectivity index (χ0) is 13.8. The Morgan fingerprint density at radius 3 is 2.28 bits per heavy atom. The molecule has 0 aliphatic heterocycles. The number of hydrogen-bond donors (Lipinski definition) is 1. The van der Waals surface area contributed by atoms with Crippen LogP contribution in [0.25, 0.3) is 0 Å². The van der Waals surface area contributed by atoms with Crippen molar-refractivity contribution in [3.8, 4) is 0 Å². The van der Waals surface area contributed by atoms with Crippen LogP contribution in [0, 0.1) is 5.82 Å². The molecule has 0 radical (unpaired) electrons. The van der Waals surface area contributed by atoms with Gasteiger partial charge in [0.2, 0.25) is 0 Å². The molecule has 0 saturated heterocycles. The van der Waals surface area contributed by atoms with E-state index in [1.54, 1.807) is 19.1 Å². The standard InChI is InChI=1S/C13H20FNO2S/c1-4-18(16,17)9-10(2)15-11(3)12-5-7-13(14)8-6-12/h5-8,10-11,15H,4,9H2,1-3H3/t10?,11-/m1/s1. The highest BCUT2D eigenvalue weighted by Gasteiger charge is 2.16. The average Bonchev–Trinajstić information content (AvgIpc) is 2.29. The van der Waals surface area contributed by atoms with Crippen molar-refractivity contribution in [1.29, 1.82) is 0 Å². The molecule has 0 aromatic heterocycles. The Kier molecular flexibility index (Phi) is 5.28. The summed E-state index contributed by atoms with van der Waals surface area (Å²) in [6.45, 7) is 5.42. The number of nitrogens with one attached hydrogen (secondary N) is 1. The molecule has 18 heavy (non-hydrogen) atoms. The van der Waals surface area contributed by atoms with E-state index in [-0.39, 0.29) is 29.4 Å². The fraction of sp³-hybridized carbons (Fsp3) is 0.538.